The summed E-state index contributed by atoms with van der Waals surface area (Å²) in [6.45, 7) is 6.16. The van der Waals surface area contributed by atoms with Gasteiger partial charge in [0.1, 0.15) is 28.9 Å². The molecule has 0 aromatic heterocycles. The van der Waals surface area contributed by atoms with Crippen molar-refractivity contribution in [2.45, 2.75) is 26.9 Å². The van der Waals surface area contributed by atoms with E-state index >= 15 is 0 Å². The Morgan fingerprint density at radius 2 is 1.14 bits per heavy atom. The molecule has 0 bridgehead atoms. The highest BCUT2D eigenvalue weighted by molar-refractivity contribution is 7.95. The quantitative estimate of drug-likeness (QED) is 0.232. The second-order valence-corrected chi connectivity index (χ2v) is 12.1. The van der Waals surface area contributed by atoms with Crippen LogP contribution < -0.4 is 37.6 Å². The topological polar surface area (TPSA) is 35.5 Å². The van der Waals surface area contributed by atoms with Crippen molar-refractivity contribution in [1.29, 1.82) is 0 Å². The third kappa shape index (κ3) is 6.06. The lowest BCUT2D eigenvalue weighted by molar-refractivity contribution is -0.145. The van der Waals surface area contributed by atoms with Crippen molar-refractivity contribution in [3.05, 3.63) is 120 Å². The van der Waals surface area contributed by atoms with Crippen molar-refractivity contribution in [2.75, 3.05) is 13.2 Å². The first-order valence-corrected chi connectivity index (χ1v) is 14.0. The molecule has 0 amide bonds. The van der Waals surface area contributed by atoms with E-state index in [1.807, 2.05) is 13.8 Å². The minimum absolute atomic E-state index is 0. The van der Waals surface area contributed by atoms with E-state index < -0.39 is 7.26 Å². The molecule has 0 unspecified atom stereocenters. The molecule has 0 atom stereocenters. The first kappa shape index (κ1) is 27.6. The molecular weight excluding hydrogens is 531 g/mol. The Balaban J connectivity index is 0.00000361. The summed E-state index contributed by atoms with van der Waals surface area (Å²) in [5, 5.41) is 4.07. The van der Waals surface area contributed by atoms with Gasteiger partial charge in [0.05, 0.1) is 12.8 Å². The average molecular weight is 563 g/mol. The fraction of sp³-hybridized carbons (Fsp3) is 0.194. The van der Waals surface area contributed by atoms with Crippen LogP contribution in [0.1, 0.15) is 23.6 Å². The Kier molecular flexibility index (Phi) is 9.87. The highest BCUT2D eigenvalue weighted by atomic mass is 79.9. The normalized spacial score (nSPS) is 10.9. The molecule has 0 saturated carbocycles. The van der Waals surface area contributed by atoms with Gasteiger partial charge >= 0.3 is 5.97 Å². The molecule has 3 nitrogen and oxygen atoms in total. The summed E-state index contributed by atoms with van der Waals surface area (Å²) in [5.74, 6) is 0.405. The number of hydrogen-bond acceptors (Lipinski definition) is 3. The summed E-state index contributed by atoms with van der Waals surface area (Å²) in [5.41, 5.74) is 3.31. The van der Waals surface area contributed by atoms with E-state index in [-0.39, 0.29) is 29.6 Å². The van der Waals surface area contributed by atoms with Gasteiger partial charge in [0.25, 0.3) is 0 Å². The van der Waals surface area contributed by atoms with Gasteiger partial charge in [-0.2, -0.15) is 0 Å². The highest BCUT2D eigenvalue weighted by Gasteiger charge is 2.45. The van der Waals surface area contributed by atoms with E-state index in [2.05, 4.69) is 103 Å². The minimum atomic E-state index is -1.98. The summed E-state index contributed by atoms with van der Waals surface area (Å²) < 4.78 is 10.9. The smallest absolute Gasteiger partial charge is 0.344 e. The van der Waals surface area contributed by atoms with Crippen molar-refractivity contribution in [3.63, 3.8) is 0 Å². The molecule has 0 aliphatic rings. The predicted molar refractivity (Wildman–Crippen MR) is 147 cm³/mol. The van der Waals surface area contributed by atoms with E-state index in [1.54, 1.807) is 6.92 Å². The standard InChI is InChI=1S/C31H32O3P.BrH/c1-4-33-30(32)22-34-31-24(2)20-26(21-25(31)3)23-35(27-14-8-5-9-15-27,28-16-10-6-11-17-28)29-18-12-7-13-19-29;/h5-21H,4,22-23H2,1-3H3;1H/q+1;/p-1. The molecule has 0 saturated heterocycles. The van der Waals surface area contributed by atoms with Crippen molar-refractivity contribution in [2.24, 2.45) is 0 Å². The number of rotatable bonds is 9. The van der Waals surface area contributed by atoms with Crippen molar-refractivity contribution >= 4 is 29.1 Å². The zero-order valence-electron chi connectivity index (χ0n) is 21.0. The summed E-state index contributed by atoms with van der Waals surface area (Å²) in [7, 11) is -1.98. The Morgan fingerprint density at radius 3 is 1.53 bits per heavy atom. The SMILES string of the molecule is CCOC(=O)COc1c(C)cc(C[P+](c2ccccc2)(c2ccccc2)c2ccccc2)cc1C.[Br-]. The molecular formula is C31H32BrO3P. The lowest BCUT2D eigenvalue weighted by Crippen LogP contribution is -3.00. The van der Waals surface area contributed by atoms with E-state index in [0.717, 1.165) is 23.0 Å². The second kappa shape index (κ2) is 12.9. The molecule has 5 heteroatoms. The van der Waals surface area contributed by atoms with E-state index in [9.17, 15) is 4.79 Å². The molecule has 4 rings (SSSR count). The Morgan fingerprint density at radius 1 is 0.722 bits per heavy atom. The van der Waals surface area contributed by atoms with E-state index in [1.165, 1.54) is 21.5 Å². The Labute approximate surface area is 225 Å². The van der Waals surface area contributed by atoms with Gasteiger partial charge in [-0.05, 0) is 86.0 Å². The Bertz CT molecular complexity index is 1140. The lowest BCUT2D eigenvalue weighted by atomic mass is 10.1. The number of halogens is 1. The summed E-state index contributed by atoms with van der Waals surface area (Å²) in [6.07, 6.45) is 0.894. The summed E-state index contributed by atoms with van der Waals surface area (Å²) >= 11 is 0. The average Bonchev–Trinajstić information content (AvgIpc) is 2.88. The highest BCUT2D eigenvalue weighted by Crippen LogP contribution is 2.58. The molecule has 4 aromatic rings. The number of carbonyl (C=O) groups excluding carboxylic acids is 1. The molecule has 0 N–H and O–H groups in total. The predicted octanol–water partition coefficient (Wildman–Crippen LogP) is 2.74. The van der Waals surface area contributed by atoms with Gasteiger partial charge in [-0.1, -0.05) is 54.6 Å². The maximum absolute atomic E-state index is 11.8. The molecule has 186 valence electrons. The molecule has 0 spiro atoms. The number of ether oxygens (including phenoxy) is 2. The van der Waals surface area contributed by atoms with Crippen LogP contribution in [0.15, 0.2) is 103 Å². The molecule has 0 aliphatic carbocycles. The fourth-order valence-corrected chi connectivity index (χ4v) is 8.95. The van der Waals surface area contributed by atoms with Crippen molar-refractivity contribution in [3.8, 4) is 5.75 Å². The van der Waals surface area contributed by atoms with Crippen LogP contribution in [0.4, 0.5) is 0 Å². The monoisotopic (exact) mass is 562 g/mol. The van der Waals surface area contributed by atoms with Gasteiger partial charge in [-0.3, -0.25) is 0 Å². The number of carbonyl (C=O) groups is 1. The number of hydrogen-bond donors (Lipinski definition) is 0. The maximum atomic E-state index is 11.8. The third-order valence-corrected chi connectivity index (χ3v) is 10.5. The largest absolute Gasteiger partial charge is 1.00 e. The fourth-order valence-electron chi connectivity index (χ4n) is 4.74. The number of benzene rings is 4. The van der Waals surface area contributed by atoms with Gasteiger partial charge in [0, 0.05) is 0 Å². The lowest BCUT2D eigenvalue weighted by Gasteiger charge is -2.28. The molecule has 36 heavy (non-hydrogen) atoms. The van der Waals surface area contributed by atoms with E-state index in [4.69, 9.17) is 9.47 Å². The van der Waals surface area contributed by atoms with Crippen LogP contribution in [0.5, 0.6) is 5.75 Å². The second-order valence-electron chi connectivity index (χ2n) is 8.63. The van der Waals surface area contributed by atoms with Crippen LogP contribution in [0, 0.1) is 13.8 Å². The van der Waals surface area contributed by atoms with Crippen LogP contribution in [0.3, 0.4) is 0 Å². The Hall–Kier alpha value is -2.94. The summed E-state index contributed by atoms with van der Waals surface area (Å²) in [4.78, 5) is 11.8. The maximum Gasteiger partial charge on any atom is 0.344 e. The van der Waals surface area contributed by atoms with Crippen LogP contribution in [-0.2, 0) is 15.7 Å². The summed E-state index contributed by atoms with van der Waals surface area (Å²) in [6, 6.07) is 37.1. The van der Waals surface area contributed by atoms with Gasteiger partial charge in [-0.25, -0.2) is 4.79 Å². The molecule has 0 fully saturated rings. The zero-order chi connectivity index (χ0) is 24.7. The van der Waals surface area contributed by atoms with Gasteiger partial charge in [-0.15, -0.1) is 0 Å². The molecule has 0 heterocycles. The van der Waals surface area contributed by atoms with Crippen molar-refractivity contribution < 1.29 is 31.2 Å². The van der Waals surface area contributed by atoms with Gasteiger partial charge in [0.2, 0.25) is 0 Å². The zero-order valence-corrected chi connectivity index (χ0v) is 23.5. The molecule has 0 aliphatic heterocycles. The first-order chi connectivity index (χ1) is 17.0. The van der Waals surface area contributed by atoms with Crippen molar-refractivity contribution in [1.82, 2.24) is 0 Å². The van der Waals surface area contributed by atoms with Gasteiger partial charge in [0.15, 0.2) is 6.61 Å². The van der Waals surface area contributed by atoms with Crippen LogP contribution >= 0.6 is 7.26 Å². The minimum Gasteiger partial charge on any atom is -1.00 e. The molecule has 4 aromatic carbocycles. The molecule has 0 radical (unpaired) electrons. The van der Waals surface area contributed by atoms with Crippen LogP contribution in [0.25, 0.3) is 0 Å². The van der Waals surface area contributed by atoms with E-state index in [0.29, 0.717) is 6.61 Å². The third-order valence-electron chi connectivity index (χ3n) is 6.17. The number of aryl methyl sites for hydroxylation is 2. The number of esters is 1. The van der Waals surface area contributed by atoms with Crippen LogP contribution in [0.2, 0.25) is 0 Å². The van der Waals surface area contributed by atoms with Crippen LogP contribution in [-0.4, -0.2) is 19.2 Å². The van der Waals surface area contributed by atoms with Gasteiger partial charge < -0.3 is 26.5 Å². The first-order valence-electron chi connectivity index (χ1n) is 12.0.